The van der Waals surface area contributed by atoms with Crippen molar-refractivity contribution in [2.75, 3.05) is 0 Å². The number of hydrogen-bond acceptors (Lipinski definition) is 1. The van der Waals surface area contributed by atoms with E-state index in [1.165, 1.54) is 6.82 Å². The average molecular weight is 107 g/mol. The first-order valence-corrected chi connectivity index (χ1v) is 2.33. The van der Waals surface area contributed by atoms with Gasteiger partial charge in [0.1, 0.15) is 0 Å². The highest BCUT2D eigenvalue weighted by Gasteiger charge is 1.93. The molecule has 0 amide bonds. The van der Waals surface area contributed by atoms with Crippen LogP contribution in [0.2, 0.25) is 6.82 Å². The van der Waals surface area contributed by atoms with Crippen LogP contribution in [0.15, 0.2) is 0 Å². The van der Waals surface area contributed by atoms with Crippen molar-refractivity contribution in [1.82, 2.24) is 0 Å². The molecular weight excluding hydrogens is 102 g/mol. The van der Waals surface area contributed by atoms with E-state index in [9.17, 15) is 0 Å². The Hall–Kier alpha value is 0.0849. The summed E-state index contributed by atoms with van der Waals surface area (Å²) < 4.78 is 8.70. The molecule has 34 valence electrons. The molecule has 0 aliphatic heterocycles. The monoisotopic (exact) mass is 107 g/mol. The summed E-state index contributed by atoms with van der Waals surface area (Å²) in [5.74, 6) is 0. The molecular formula is CH5BO3P+. The van der Waals surface area contributed by atoms with E-state index in [1.54, 1.807) is 0 Å². The molecule has 3 nitrogen and oxygen atoms in total. The van der Waals surface area contributed by atoms with Gasteiger partial charge in [0.25, 0.3) is 0 Å². The smallest absolute Gasteiger partial charge is 0.134 e. The lowest BCUT2D eigenvalue weighted by atomic mass is 10.2. The van der Waals surface area contributed by atoms with Crippen molar-refractivity contribution in [3.8, 4) is 0 Å². The first kappa shape index (κ1) is 9.43. The minimum Gasteiger partial charge on any atom is -0.134 e. The topological polar surface area (TPSA) is 57.5 Å². The lowest BCUT2D eigenvalue weighted by molar-refractivity contribution is 0.405. The van der Waals surface area contributed by atoms with Gasteiger partial charge in [-0.05, 0) is 0 Å². The summed E-state index contributed by atoms with van der Waals surface area (Å²) in [4.78, 5) is 14.2. The van der Waals surface area contributed by atoms with Crippen LogP contribution in [0.25, 0.3) is 0 Å². The van der Waals surface area contributed by atoms with Gasteiger partial charge in [-0.2, -0.15) is 0 Å². The second kappa shape index (κ2) is 8.92. The highest BCUT2D eigenvalue weighted by Crippen LogP contribution is 1.98. The van der Waals surface area contributed by atoms with Crippen molar-refractivity contribution in [1.29, 1.82) is 0 Å². The summed E-state index contributed by atoms with van der Waals surface area (Å²) >= 11 is 0. The van der Waals surface area contributed by atoms with Gasteiger partial charge in [0.05, 0.1) is 7.85 Å². The fourth-order valence-electron chi connectivity index (χ4n) is 0. The van der Waals surface area contributed by atoms with E-state index < -0.39 is 8.25 Å². The zero-order chi connectivity index (χ0) is 5.58. The van der Waals surface area contributed by atoms with E-state index in [1.807, 2.05) is 0 Å². The molecule has 0 bridgehead atoms. The van der Waals surface area contributed by atoms with Crippen molar-refractivity contribution >= 4 is 16.1 Å². The van der Waals surface area contributed by atoms with E-state index in [0.717, 1.165) is 0 Å². The van der Waals surface area contributed by atoms with Crippen molar-refractivity contribution in [2.24, 2.45) is 0 Å². The third kappa shape index (κ3) is 5390. The van der Waals surface area contributed by atoms with Crippen LogP contribution in [-0.2, 0) is 4.57 Å². The Kier molecular flexibility index (Phi) is 14.0. The van der Waals surface area contributed by atoms with Crippen LogP contribution in [0, 0.1) is 0 Å². The molecule has 0 saturated carbocycles. The average Bonchev–Trinajstić information content (AvgIpc) is 1.41. The second-order valence-electron chi connectivity index (χ2n) is 0.253. The Balaban J connectivity index is 0. The van der Waals surface area contributed by atoms with Gasteiger partial charge in [0.15, 0.2) is 0 Å². The van der Waals surface area contributed by atoms with E-state index in [0.29, 0.717) is 0 Å². The molecule has 2 radical (unpaired) electrons. The Labute approximate surface area is 38.4 Å². The molecule has 0 spiro atoms. The van der Waals surface area contributed by atoms with Gasteiger partial charge in [-0.1, -0.05) is 6.82 Å². The number of rotatable bonds is 0. The lowest BCUT2D eigenvalue weighted by Gasteiger charge is -1.34. The molecule has 0 aromatic rings. The maximum absolute atomic E-state index is 8.70. The summed E-state index contributed by atoms with van der Waals surface area (Å²) in [6.07, 6.45) is 0. The summed E-state index contributed by atoms with van der Waals surface area (Å²) in [6, 6.07) is 0. The van der Waals surface area contributed by atoms with Crippen LogP contribution < -0.4 is 0 Å². The predicted octanol–water partition coefficient (Wildman–Crippen LogP) is -0.169. The van der Waals surface area contributed by atoms with Crippen LogP contribution >= 0.6 is 8.25 Å². The fourth-order valence-corrected chi connectivity index (χ4v) is 0. The van der Waals surface area contributed by atoms with Crippen LogP contribution in [0.3, 0.4) is 0 Å². The van der Waals surface area contributed by atoms with E-state index in [4.69, 9.17) is 14.4 Å². The van der Waals surface area contributed by atoms with Gasteiger partial charge in [0, 0.05) is 4.57 Å². The highest BCUT2D eigenvalue weighted by molar-refractivity contribution is 7.30. The van der Waals surface area contributed by atoms with Crippen molar-refractivity contribution < 1.29 is 14.4 Å². The summed E-state index contributed by atoms with van der Waals surface area (Å²) in [5.41, 5.74) is 0. The van der Waals surface area contributed by atoms with Gasteiger partial charge in [0.2, 0.25) is 0 Å². The minimum atomic E-state index is -2.87. The van der Waals surface area contributed by atoms with Gasteiger partial charge < -0.3 is 0 Å². The summed E-state index contributed by atoms with van der Waals surface area (Å²) in [5, 5.41) is 0. The molecule has 5 heteroatoms. The molecule has 0 heterocycles. The number of hydrogen-bond donors (Lipinski definition) is 2. The van der Waals surface area contributed by atoms with Crippen molar-refractivity contribution in [2.45, 2.75) is 6.82 Å². The maximum atomic E-state index is 8.70. The quantitative estimate of drug-likeness (QED) is 0.333. The van der Waals surface area contributed by atoms with Crippen LogP contribution in [0.5, 0.6) is 0 Å². The summed E-state index contributed by atoms with van der Waals surface area (Å²) in [6.45, 7) is 1.50. The summed E-state index contributed by atoms with van der Waals surface area (Å²) in [7, 11) is 1.63. The largest absolute Gasteiger partial charge is 0.692 e. The zero-order valence-electron chi connectivity index (χ0n) is 3.33. The molecule has 0 unspecified atom stereocenters. The van der Waals surface area contributed by atoms with E-state index in [2.05, 4.69) is 7.85 Å². The fraction of sp³-hybridized carbons (Fsp3) is 1.00. The van der Waals surface area contributed by atoms with Crippen LogP contribution in [0.1, 0.15) is 0 Å². The standard InChI is InChI=1S/CH3B.HO3P/c1-2;1-4(2)3/h1H3;(H-,1,2,3)/p+1. The van der Waals surface area contributed by atoms with Crippen LogP contribution in [0.4, 0.5) is 0 Å². The predicted molar refractivity (Wildman–Crippen MR) is 23.7 cm³/mol. The molecule has 0 aromatic carbocycles. The van der Waals surface area contributed by atoms with Gasteiger partial charge in [-0.3, -0.25) is 0 Å². The Morgan fingerprint density at radius 2 is 1.50 bits per heavy atom. The lowest BCUT2D eigenvalue weighted by Crippen LogP contribution is -1.38. The first-order valence-electron chi connectivity index (χ1n) is 1.16. The Morgan fingerprint density at radius 1 is 1.50 bits per heavy atom. The molecule has 0 aliphatic rings. The van der Waals surface area contributed by atoms with Crippen molar-refractivity contribution in [3.63, 3.8) is 0 Å². The highest BCUT2D eigenvalue weighted by atomic mass is 31.1. The zero-order valence-corrected chi connectivity index (χ0v) is 4.22. The Morgan fingerprint density at radius 3 is 1.50 bits per heavy atom. The third-order valence-electron chi connectivity index (χ3n) is 0. The molecule has 0 aliphatic carbocycles. The molecule has 2 N–H and O–H groups in total. The SMILES string of the molecule is O=[P+](O)O.[B]C. The third-order valence-corrected chi connectivity index (χ3v) is 0. The molecule has 0 rings (SSSR count). The van der Waals surface area contributed by atoms with Gasteiger partial charge >= 0.3 is 8.25 Å². The molecule has 0 aromatic heterocycles. The van der Waals surface area contributed by atoms with Crippen molar-refractivity contribution in [3.05, 3.63) is 0 Å². The van der Waals surface area contributed by atoms with Gasteiger partial charge in [-0.15, -0.1) is 9.79 Å². The normalized spacial score (nSPS) is 5.17. The van der Waals surface area contributed by atoms with Crippen LogP contribution in [-0.4, -0.2) is 17.6 Å². The Bertz CT molecular complexity index is 33.8. The minimum absolute atomic E-state index is 1.50. The first-order chi connectivity index (χ1) is 2.73. The van der Waals surface area contributed by atoms with Gasteiger partial charge in [-0.25, -0.2) is 0 Å². The molecule has 6 heavy (non-hydrogen) atoms. The molecule has 0 saturated heterocycles. The van der Waals surface area contributed by atoms with E-state index >= 15 is 0 Å². The second-order valence-corrected chi connectivity index (χ2v) is 0.758. The van der Waals surface area contributed by atoms with E-state index in [-0.39, 0.29) is 0 Å². The molecule has 0 atom stereocenters. The maximum Gasteiger partial charge on any atom is 0.692 e. The molecule has 0 fully saturated rings.